The van der Waals surface area contributed by atoms with Crippen LogP contribution in [0.3, 0.4) is 0 Å². The molecule has 1 N–H and O–H groups in total. The Morgan fingerprint density at radius 2 is 1.81 bits per heavy atom. The van der Waals surface area contributed by atoms with Gasteiger partial charge in [-0.15, -0.1) is 0 Å². The Morgan fingerprint density at radius 1 is 1.05 bits per heavy atom. The summed E-state index contributed by atoms with van der Waals surface area (Å²) in [5.41, 5.74) is 2.04. The molecule has 4 aromatic rings. The van der Waals surface area contributed by atoms with Gasteiger partial charge in [0.15, 0.2) is 11.6 Å². The predicted molar refractivity (Wildman–Crippen MR) is 158 cm³/mol. The molecular weight excluding hydrogens is 601 g/mol. The van der Waals surface area contributed by atoms with Crippen molar-refractivity contribution in [1.82, 2.24) is 24.8 Å². The van der Waals surface area contributed by atoms with E-state index in [1.807, 2.05) is 4.90 Å². The van der Waals surface area contributed by atoms with Crippen molar-refractivity contribution in [3.8, 4) is 17.1 Å². The lowest BCUT2D eigenvalue weighted by molar-refractivity contribution is -0.126. The number of amides is 1. The Kier molecular flexibility index (Phi) is 8.50. The Labute approximate surface area is 251 Å². The second-order valence-electron chi connectivity index (χ2n) is 9.48. The summed E-state index contributed by atoms with van der Waals surface area (Å²) in [5, 5.41) is -0.281. The number of pyridine rings is 2. The number of rotatable bonds is 8. The molecule has 3 aromatic heterocycles. The van der Waals surface area contributed by atoms with Crippen molar-refractivity contribution in [2.75, 3.05) is 42.9 Å². The molecule has 1 amide bonds. The third-order valence-electron chi connectivity index (χ3n) is 6.58. The standard InChI is InChI=1S/C28H25ClFN7O5S/c1-17(38)3-8-25(39)36-9-11-37(12-10-36)27-26-22(32-16-33-27)6-5-21(34-26)18-13-23(28(42-2)31-15-18)35-43(40,41)24-7-4-19(30)14-20(24)29/h3-8,13-16,35H,9-12H2,1-2H3. The minimum absolute atomic E-state index is 0.000867. The van der Waals surface area contributed by atoms with Crippen LogP contribution in [0.4, 0.5) is 15.9 Å². The number of sulfonamides is 1. The van der Waals surface area contributed by atoms with Crippen LogP contribution in [0.25, 0.3) is 22.3 Å². The van der Waals surface area contributed by atoms with E-state index in [1.165, 1.54) is 44.8 Å². The minimum atomic E-state index is -4.23. The van der Waals surface area contributed by atoms with E-state index >= 15 is 0 Å². The average molecular weight is 626 g/mol. The largest absolute Gasteiger partial charge is 0.480 e. The van der Waals surface area contributed by atoms with Gasteiger partial charge in [0.2, 0.25) is 11.8 Å². The highest BCUT2D eigenvalue weighted by molar-refractivity contribution is 7.92. The van der Waals surface area contributed by atoms with Crippen molar-refractivity contribution in [2.24, 2.45) is 0 Å². The van der Waals surface area contributed by atoms with Crippen LogP contribution >= 0.6 is 11.6 Å². The molecule has 1 saturated heterocycles. The molecule has 0 spiro atoms. The monoisotopic (exact) mass is 625 g/mol. The predicted octanol–water partition coefficient (Wildman–Crippen LogP) is 3.48. The summed E-state index contributed by atoms with van der Waals surface area (Å²) >= 11 is 6.00. The number of ether oxygens (including phenoxy) is 1. The molecule has 0 aliphatic carbocycles. The number of fused-ring (bicyclic) bond motifs is 1. The second-order valence-corrected chi connectivity index (χ2v) is 11.5. The number of ketones is 1. The molecule has 43 heavy (non-hydrogen) atoms. The van der Waals surface area contributed by atoms with Crippen LogP contribution < -0.4 is 14.4 Å². The van der Waals surface area contributed by atoms with Gasteiger partial charge in [0.05, 0.1) is 23.3 Å². The van der Waals surface area contributed by atoms with Crippen LogP contribution in [0.2, 0.25) is 5.02 Å². The summed E-state index contributed by atoms with van der Waals surface area (Å²) in [7, 11) is -2.89. The zero-order chi connectivity index (χ0) is 30.7. The molecule has 0 atom stereocenters. The van der Waals surface area contributed by atoms with Crippen molar-refractivity contribution in [3.63, 3.8) is 0 Å². The molecule has 12 nitrogen and oxygen atoms in total. The maximum atomic E-state index is 13.5. The molecule has 1 aliphatic heterocycles. The van der Waals surface area contributed by atoms with Gasteiger partial charge in [-0.2, -0.15) is 0 Å². The van der Waals surface area contributed by atoms with Crippen LogP contribution in [0.5, 0.6) is 5.88 Å². The van der Waals surface area contributed by atoms with Crippen LogP contribution in [-0.2, 0) is 19.6 Å². The van der Waals surface area contributed by atoms with Gasteiger partial charge < -0.3 is 14.5 Å². The van der Waals surface area contributed by atoms with Gasteiger partial charge in [-0.3, -0.25) is 14.3 Å². The number of nitrogens with one attached hydrogen (secondary N) is 1. The van der Waals surface area contributed by atoms with E-state index in [2.05, 4.69) is 19.7 Å². The first kappa shape index (κ1) is 29.8. The average Bonchev–Trinajstić information content (AvgIpc) is 2.99. The number of aromatic nitrogens is 4. The number of anilines is 2. The summed E-state index contributed by atoms with van der Waals surface area (Å²) in [6.07, 6.45) is 5.45. The molecule has 5 rings (SSSR count). The normalized spacial score (nSPS) is 13.9. The fourth-order valence-corrected chi connectivity index (χ4v) is 6.05. The lowest BCUT2D eigenvalue weighted by atomic mass is 10.1. The number of nitrogens with zero attached hydrogens (tertiary/aromatic N) is 6. The van der Waals surface area contributed by atoms with Gasteiger partial charge in [0.25, 0.3) is 10.0 Å². The number of hydrogen-bond acceptors (Lipinski definition) is 10. The van der Waals surface area contributed by atoms with Gasteiger partial charge in [0.1, 0.15) is 28.2 Å². The van der Waals surface area contributed by atoms with Gasteiger partial charge in [0, 0.05) is 44.0 Å². The first-order chi connectivity index (χ1) is 20.6. The lowest BCUT2D eigenvalue weighted by Crippen LogP contribution is -2.48. The molecule has 0 radical (unpaired) electrons. The molecule has 15 heteroatoms. The highest BCUT2D eigenvalue weighted by atomic mass is 35.5. The van der Waals surface area contributed by atoms with Crippen molar-refractivity contribution in [2.45, 2.75) is 11.8 Å². The zero-order valence-corrected chi connectivity index (χ0v) is 24.6. The van der Waals surface area contributed by atoms with E-state index in [0.29, 0.717) is 54.3 Å². The van der Waals surface area contributed by atoms with Gasteiger partial charge >= 0.3 is 0 Å². The van der Waals surface area contributed by atoms with Crippen LogP contribution in [0, 0.1) is 5.82 Å². The number of halogens is 2. The van der Waals surface area contributed by atoms with E-state index in [-0.39, 0.29) is 33.2 Å². The van der Waals surface area contributed by atoms with Gasteiger partial charge in [-0.1, -0.05) is 11.6 Å². The Morgan fingerprint density at radius 3 is 2.51 bits per heavy atom. The van der Waals surface area contributed by atoms with E-state index in [9.17, 15) is 22.4 Å². The Balaban J connectivity index is 1.43. The smallest absolute Gasteiger partial charge is 0.263 e. The molecule has 0 unspecified atom stereocenters. The molecule has 1 aliphatic rings. The first-order valence-electron chi connectivity index (χ1n) is 12.9. The maximum absolute atomic E-state index is 13.5. The summed E-state index contributed by atoms with van der Waals surface area (Å²) < 4.78 is 47.4. The van der Waals surface area contributed by atoms with Gasteiger partial charge in [-0.05, 0) is 49.4 Å². The third kappa shape index (κ3) is 6.54. The topological polar surface area (TPSA) is 148 Å². The molecule has 0 bridgehead atoms. The Hall–Kier alpha value is -4.69. The number of benzene rings is 1. The van der Waals surface area contributed by atoms with Gasteiger partial charge in [-0.25, -0.2) is 32.7 Å². The van der Waals surface area contributed by atoms with Crippen molar-refractivity contribution >= 4 is 55.9 Å². The number of hydrogen-bond donors (Lipinski definition) is 1. The second kappa shape index (κ2) is 12.3. The minimum Gasteiger partial charge on any atom is -0.480 e. The fourth-order valence-electron chi connectivity index (χ4n) is 4.47. The van der Waals surface area contributed by atoms with Crippen molar-refractivity contribution in [1.29, 1.82) is 0 Å². The van der Waals surface area contributed by atoms with Crippen LogP contribution in [0.15, 0.2) is 66.0 Å². The first-order valence-corrected chi connectivity index (χ1v) is 14.8. The summed E-state index contributed by atoms with van der Waals surface area (Å²) in [4.78, 5) is 44.7. The quantitative estimate of drug-likeness (QED) is 0.289. The summed E-state index contributed by atoms with van der Waals surface area (Å²) in [5.74, 6) is -0.529. The number of carbonyl (C=O) groups is 2. The molecule has 1 aromatic carbocycles. The maximum Gasteiger partial charge on any atom is 0.263 e. The summed E-state index contributed by atoms with van der Waals surface area (Å²) in [6, 6.07) is 7.96. The fraction of sp³-hybridized carbons (Fsp3) is 0.214. The van der Waals surface area contributed by atoms with Crippen LogP contribution in [-0.4, -0.2) is 78.2 Å². The third-order valence-corrected chi connectivity index (χ3v) is 8.43. The van der Waals surface area contributed by atoms with E-state index in [0.717, 1.165) is 18.2 Å². The van der Waals surface area contributed by atoms with E-state index in [4.69, 9.17) is 21.3 Å². The van der Waals surface area contributed by atoms with E-state index in [1.54, 1.807) is 17.0 Å². The molecule has 222 valence electrons. The van der Waals surface area contributed by atoms with Crippen LogP contribution in [0.1, 0.15) is 6.92 Å². The van der Waals surface area contributed by atoms with Crippen molar-refractivity contribution in [3.05, 3.63) is 71.9 Å². The summed E-state index contributed by atoms with van der Waals surface area (Å²) in [6.45, 7) is 3.21. The van der Waals surface area contributed by atoms with Crippen molar-refractivity contribution < 1.29 is 27.1 Å². The number of piperazine rings is 1. The van der Waals surface area contributed by atoms with E-state index < -0.39 is 15.8 Å². The Bertz CT molecular complexity index is 1860. The molecule has 1 fully saturated rings. The number of methoxy groups -OCH3 is 1. The highest BCUT2D eigenvalue weighted by Gasteiger charge is 2.24. The number of allylic oxidation sites excluding steroid dienone is 1. The highest BCUT2D eigenvalue weighted by Crippen LogP contribution is 2.32. The molecule has 0 saturated carbocycles. The SMILES string of the molecule is COc1ncc(-c2ccc3ncnc(N4CCN(C(=O)C=CC(C)=O)CC4)c3n2)cc1NS(=O)(=O)c1ccc(F)cc1Cl. The number of carbonyl (C=O) groups excluding carboxylic acids is 2. The molecule has 4 heterocycles. The lowest BCUT2D eigenvalue weighted by Gasteiger charge is -2.35. The zero-order valence-electron chi connectivity index (χ0n) is 23.0. The molecular formula is C28H25ClFN7O5S.